The fraction of sp³-hybridized carbons (Fsp3) is 0.889. The summed E-state index contributed by atoms with van der Waals surface area (Å²) in [6.45, 7) is 5.27. The van der Waals surface area contributed by atoms with Crippen molar-refractivity contribution in [1.29, 1.82) is 0 Å². The van der Waals surface area contributed by atoms with Gasteiger partial charge in [0.15, 0.2) is 0 Å². The molecule has 3 heteroatoms. The quantitative estimate of drug-likeness (QED) is 0.621. The summed E-state index contributed by atoms with van der Waals surface area (Å²) in [5.41, 5.74) is 0. The van der Waals surface area contributed by atoms with Gasteiger partial charge in [-0.1, -0.05) is 20.3 Å². The van der Waals surface area contributed by atoms with Crippen molar-refractivity contribution < 1.29 is 4.79 Å². The van der Waals surface area contributed by atoms with E-state index in [1.807, 2.05) is 7.05 Å². The van der Waals surface area contributed by atoms with Crippen molar-refractivity contribution in [3.8, 4) is 0 Å². The summed E-state index contributed by atoms with van der Waals surface area (Å²) in [6, 6.07) is 0.507. The van der Waals surface area contributed by atoms with E-state index in [4.69, 9.17) is 0 Å². The maximum Gasteiger partial charge on any atom is 0.222 e. The maximum atomic E-state index is 10.3. The predicted molar refractivity (Wildman–Crippen MR) is 51.1 cm³/mol. The average molecular weight is 172 g/mol. The lowest BCUT2D eigenvalue weighted by atomic mass is 10.0. The van der Waals surface area contributed by atoms with Crippen LogP contribution in [0, 0.1) is 0 Å². The van der Waals surface area contributed by atoms with Gasteiger partial charge in [-0.3, -0.25) is 4.79 Å². The van der Waals surface area contributed by atoms with Crippen LogP contribution in [0.4, 0.5) is 0 Å². The molecule has 0 aliphatic carbocycles. The Kier molecular flexibility index (Phi) is 6.76. The SMILES string of the molecule is CCCC1CC(=O)N1.CCNC. The molecule has 0 aromatic heterocycles. The summed E-state index contributed by atoms with van der Waals surface area (Å²) in [7, 11) is 1.93. The molecule has 1 unspecified atom stereocenters. The normalized spacial score (nSPS) is 20.2. The van der Waals surface area contributed by atoms with Gasteiger partial charge in [0.05, 0.1) is 0 Å². The maximum absolute atomic E-state index is 10.3. The average Bonchev–Trinajstić information content (AvgIpc) is 2.03. The van der Waals surface area contributed by atoms with Crippen molar-refractivity contribution in [2.24, 2.45) is 0 Å². The highest BCUT2D eigenvalue weighted by atomic mass is 16.2. The van der Waals surface area contributed by atoms with Crippen LogP contribution in [0.25, 0.3) is 0 Å². The molecule has 0 saturated carbocycles. The molecule has 1 aliphatic rings. The molecule has 1 heterocycles. The van der Waals surface area contributed by atoms with E-state index >= 15 is 0 Å². The van der Waals surface area contributed by atoms with Crippen LogP contribution >= 0.6 is 0 Å². The molecule has 72 valence electrons. The third-order valence-electron chi connectivity index (χ3n) is 1.79. The zero-order chi connectivity index (χ0) is 9.40. The van der Waals surface area contributed by atoms with Crippen LogP contribution in [0.2, 0.25) is 0 Å². The largest absolute Gasteiger partial charge is 0.353 e. The van der Waals surface area contributed by atoms with Crippen LogP contribution < -0.4 is 10.6 Å². The molecule has 1 amide bonds. The van der Waals surface area contributed by atoms with Crippen LogP contribution in [-0.2, 0) is 4.79 Å². The summed E-state index contributed by atoms with van der Waals surface area (Å²) < 4.78 is 0. The molecule has 0 bridgehead atoms. The molecule has 1 aliphatic heterocycles. The van der Waals surface area contributed by atoms with E-state index in [-0.39, 0.29) is 5.91 Å². The number of carbonyl (C=O) groups excluding carboxylic acids is 1. The number of β-lactam (4-membered cyclic amide) rings is 1. The lowest BCUT2D eigenvalue weighted by molar-refractivity contribution is -0.128. The smallest absolute Gasteiger partial charge is 0.222 e. The summed E-state index contributed by atoms with van der Waals surface area (Å²) >= 11 is 0. The molecule has 3 nitrogen and oxygen atoms in total. The van der Waals surface area contributed by atoms with Gasteiger partial charge >= 0.3 is 0 Å². The number of rotatable bonds is 3. The Morgan fingerprint density at radius 3 is 2.33 bits per heavy atom. The Morgan fingerprint density at radius 2 is 2.08 bits per heavy atom. The van der Waals surface area contributed by atoms with E-state index in [9.17, 15) is 4.79 Å². The summed E-state index contributed by atoms with van der Waals surface area (Å²) in [4.78, 5) is 10.3. The van der Waals surface area contributed by atoms with Crippen LogP contribution in [0.1, 0.15) is 33.1 Å². The summed E-state index contributed by atoms with van der Waals surface area (Å²) in [5.74, 6) is 0.212. The topological polar surface area (TPSA) is 41.1 Å². The Hall–Kier alpha value is -0.570. The highest BCUT2D eigenvalue weighted by molar-refractivity contribution is 5.82. The summed E-state index contributed by atoms with van der Waals surface area (Å²) in [5, 5.41) is 5.74. The van der Waals surface area contributed by atoms with E-state index < -0.39 is 0 Å². The first-order valence-electron chi connectivity index (χ1n) is 4.68. The molecule has 0 radical (unpaired) electrons. The van der Waals surface area contributed by atoms with Gasteiger partial charge in [-0.15, -0.1) is 0 Å². The number of hydrogen-bond acceptors (Lipinski definition) is 2. The van der Waals surface area contributed by atoms with E-state index in [0.717, 1.165) is 19.4 Å². The Morgan fingerprint density at radius 1 is 1.58 bits per heavy atom. The minimum absolute atomic E-state index is 0.212. The van der Waals surface area contributed by atoms with Crippen molar-refractivity contribution in [3.05, 3.63) is 0 Å². The van der Waals surface area contributed by atoms with Gasteiger partial charge in [0, 0.05) is 12.5 Å². The molecule has 0 aromatic rings. The molecule has 1 rings (SSSR count). The zero-order valence-corrected chi connectivity index (χ0v) is 8.31. The van der Waals surface area contributed by atoms with Crippen molar-refractivity contribution in [2.75, 3.05) is 13.6 Å². The minimum Gasteiger partial charge on any atom is -0.353 e. The number of carbonyl (C=O) groups is 1. The molecule has 2 N–H and O–H groups in total. The van der Waals surface area contributed by atoms with Crippen LogP contribution in [0.5, 0.6) is 0 Å². The fourth-order valence-corrected chi connectivity index (χ4v) is 0.953. The first-order valence-corrected chi connectivity index (χ1v) is 4.68. The predicted octanol–water partition coefficient (Wildman–Crippen LogP) is 0.901. The molecule has 12 heavy (non-hydrogen) atoms. The molecule has 1 fully saturated rings. The highest BCUT2D eigenvalue weighted by Gasteiger charge is 2.23. The number of nitrogens with one attached hydrogen (secondary N) is 2. The second-order valence-corrected chi connectivity index (χ2v) is 2.96. The molecule has 1 atom stereocenters. The lowest BCUT2D eigenvalue weighted by Gasteiger charge is -2.25. The first-order chi connectivity index (χ1) is 5.74. The van der Waals surface area contributed by atoms with Gasteiger partial charge in [0.1, 0.15) is 0 Å². The van der Waals surface area contributed by atoms with Crippen LogP contribution in [-0.4, -0.2) is 25.5 Å². The molecule has 1 saturated heterocycles. The minimum atomic E-state index is 0.212. The van der Waals surface area contributed by atoms with Gasteiger partial charge in [-0.05, 0) is 20.0 Å². The van der Waals surface area contributed by atoms with Gasteiger partial charge in [0.25, 0.3) is 0 Å². The second kappa shape index (κ2) is 7.10. The number of hydrogen-bond donors (Lipinski definition) is 2. The first kappa shape index (κ1) is 11.4. The van der Waals surface area contributed by atoms with Gasteiger partial charge in [0.2, 0.25) is 5.91 Å². The third-order valence-corrected chi connectivity index (χ3v) is 1.79. The van der Waals surface area contributed by atoms with E-state index in [1.165, 1.54) is 6.42 Å². The summed E-state index contributed by atoms with van der Waals surface area (Å²) in [6.07, 6.45) is 3.07. The monoisotopic (exact) mass is 172 g/mol. The van der Waals surface area contributed by atoms with Crippen molar-refractivity contribution in [2.45, 2.75) is 39.2 Å². The van der Waals surface area contributed by atoms with Crippen molar-refractivity contribution in [3.63, 3.8) is 0 Å². The van der Waals surface area contributed by atoms with Crippen LogP contribution in [0.3, 0.4) is 0 Å². The fourth-order valence-electron chi connectivity index (χ4n) is 0.953. The van der Waals surface area contributed by atoms with Gasteiger partial charge < -0.3 is 10.6 Å². The number of amides is 1. The second-order valence-electron chi connectivity index (χ2n) is 2.96. The Bertz CT molecular complexity index is 116. The van der Waals surface area contributed by atoms with E-state index in [1.54, 1.807) is 0 Å². The Labute approximate surface area is 74.9 Å². The highest BCUT2D eigenvalue weighted by Crippen LogP contribution is 2.09. The van der Waals surface area contributed by atoms with Crippen molar-refractivity contribution >= 4 is 5.91 Å². The van der Waals surface area contributed by atoms with E-state index in [2.05, 4.69) is 24.5 Å². The van der Waals surface area contributed by atoms with Crippen molar-refractivity contribution in [1.82, 2.24) is 10.6 Å². The lowest BCUT2D eigenvalue weighted by Crippen LogP contribution is -2.48. The standard InChI is InChI=1S/C6H11NO.C3H9N/c1-2-3-5-4-6(8)7-5;1-3-4-2/h5H,2-4H2,1H3,(H,7,8);4H,3H2,1-2H3. The molecular weight excluding hydrogens is 152 g/mol. The molecule has 0 aromatic carbocycles. The molecule has 0 spiro atoms. The van der Waals surface area contributed by atoms with Gasteiger partial charge in [-0.25, -0.2) is 0 Å². The molecular formula is C9H20N2O. The van der Waals surface area contributed by atoms with Crippen LogP contribution in [0.15, 0.2) is 0 Å². The zero-order valence-electron chi connectivity index (χ0n) is 8.31. The Balaban J connectivity index is 0.000000261. The third kappa shape index (κ3) is 5.13. The van der Waals surface area contributed by atoms with Gasteiger partial charge in [-0.2, -0.15) is 0 Å². The van der Waals surface area contributed by atoms with E-state index in [0.29, 0.717) is 6.04 Å².